The highest BCUT2D eigenvalue weighted by molar-refractivity contribution is 5.73. The molecule has 2 heterocycles. The fourth-order valence-electron chi connectivity index (χ4n) is 4.87. The number of rotatable bonds is 7. The number of carbonyl (C=O) groups is 2. The number of benzene rings is 2. The molecule has 1 aromatic heterocycles. The SMILES string of the molecule is CC(C)(C)C(NC[C@H]1CCN(C(=O)O)C1)c1cc(-c2cc(F)ccc2F)cn1Cc1ccccc1.O=C(O)C(F)(F)F. The Bertz CT molecular complexity index is 1370. The molecule has 0 saturated carbocycles. The molecular formula is C30H34F5N3O4. The lowest BCUT2D eigenvalue weighted by Crippen LogP contribution is -2.37. The lowest BCUT2D eigenvalue weighted by molar-refractivity contribution is -0.192. The lowest BCUT2D eigenvalue weighted by atomic mass is 9.84. The molecule has 0 bridgehead atoms. The standard InChI is InChI=1S/C28H33F2N3O2.C2HF3O2/c1-28(2,3)26(31-15-20-11-12-32(17-20)27(34)35)25-13-21(23-14-22(29)9-10-24(23)30)18-33(25)16-19-7-5-4-6-8-19;3-2(4,5)1(6)7/h4-10,13-14,18,20,26,31H,11-12,15-17H2,1-3H3,(H,34,35);(H,6,7)/t20-,26?;/m1./s1. The first-order chi connectivity index (χ1) is 19.6. The van der Waals surface area contributed by atoms with Gasteiger partial charge in [-0.05, 0) is 47.6 Å². The van der Waals surface area contributed by atoms with Crippen molar-refractivity contribution in [1.29, 1.82) is 0 Å². The van der Waals surface area contributed by atoms with E-state index in [1.54, 1.807) is 0 Å². The summed E-state index contributed by atoms with van der Waals surface area (Å²) >= 11 is 0. The molecule has 4 rings (SSSR count). The molecule has 1 unspecified atom stereocenters. The molecule has 12 heteroatoms. The molecule has 1 aliphatic heterocycles. The van der Waals surface area contributed by atoms with E-state index in [-0.39, 0.29) is 22.9 Å². The van der Waals surface area contributed by atoms with Crippen LogP contribution in [0.5, 0.6) is 0 Å². The summed E-state index contributed by atoms with van der Waals surface area (Å²) in [6, 6.07) is 15.4. The predicted octanol–water partition coefficient (Wildman–Crippen LogP) is 6.79. The predicted molar refractivity (Wildman–Crippen MR) is 147 cm³/mol. The van der Waals surface area contributed by atoms with Crippen LogP contribution >= 0.6 is 0 Å². The summed E-state index contributed by atoms with van der Waals surface area (Å²) in [4.78, 5) is 21.7. The van der Waals surface area contributed by atoms with E-state index in [0.29, 0.717) is 31.7 Å². The highest BCUT2D eigenvalue weighted by Crippen LogP contribution is 2.37. The molecule has 42 heavy (non-hydrogen) atoms. The number of aliphatic carboxylic acids is 1. The van der Waals surface area contributed by atoms with Gasteiger partial charge in [0.1, 0.15) is 11.6 Å². The third-order valence-electron chi connectivity index (χ3n) is 6.94. The van der Waals surface area contributed by atoms with Crippen LogP contribution in [-0.4, -0.2) is 57.6 Å². The van der Waals surface area contributed by atoms with Crippen molar-refractivity contribution in [3.8, 4) is 11.1 Å². The minimum Gasteiger partial charge on any atom is -0.475 e. The van der Waals surface area contributed by atoms with E-state index < -0.39 is 29.9 Å². The number of amides is 1. The molecule has 0 radical (unpaired) electrons. The number of alkyl halides is 3. The van der Waals surface area contributed by atoms with Gasteiger partial charge in [-0.2, -0.15) is 13.2 Å². The highest BCUT2D eigenvalue weighted by Gasteiger charge is 2.38. The van der Waals surface area contributed by atoms with Gasteiger partial charge in [0.05, 0.1) is 6.04 Å². The van der Waals surface area contributed by atoms with E-state index in [4.69, 9.17) is 9.90 Å². The average Bonchev–Trinajstić information content (AvgIpc) is 3.53. The third-order valence-corrected chi connectivity index (χ3v) is 6.94. The normalized spacial score (nSPS) is 16.1. The van der Waals surface area contributed by atoms with Gasteiger partial charge in [-0.3, -0.25) is 0 Å². The van der Waals surface area contributed by atoms with E-state index in [1.807, 2.05) is 42.6 Å². The monoisotopic (exact) mass is 595 g/mol. The summed E-state index contributed by atoms with van der Waals surface area (Å²) in [5.74, 6) is -3.47. The van der Waals surface area contributed by atoms with Gasteiger partial charge < -0.3 is 25.0 Å². The van der Waals surface area contributed by atoms with Gasteiger partial charge in [-0.1, -0.05) is 51.1 Å². The van der Waals surface area contributed by atoms with Crippen LogP contribution in [0, 0.1) is 23.0 Å². The second kappa shape index (κ2) is 13.4. The van der Waals surface area contributed by atoms with Gasteiger partial charge in [-0.25, -0.2) is 18.4 Å². The number of hydrogen-bond acceptors (Lipinski definition) is 3. The topological polar surface area (TPSA) is 94.8 Å². The van der Waals surface area contributed by atoms with Crippen molar-refractivity contribution in [2.75, 3.05) is 19.6 Å². The van der Waals surface area contributed by atoms with Gasteiger partial charge in [0.25, 0.3) is 0 Å². The second-order valence-electron chi connectivity index (χ2n) is 11.3. The number of carboxylic acid groups (broad SMARTS) is 2. The van der Waals surface area contributed by atoms with E-state index in [2.05, 4.69) is 30.7 Å². The molecule has 3 N–H and O–H groups in total. The first-order valence-corrected chi connectivity index (χ1v) is 13.3. The van der Waals surface area contributed by atoms with Crippen LogP contribution in [0.3, 0.4) is 0 Å². The minimum absolute atomic E-state index is 0.0875. The van der Waals surface area contributed by atoms with Gasteiger partial charge in [0.15, 0.2) is 0 Å². The number of hydrogen-bond donors (Lipinski definition) is 3. The first kappa shape index (κ1) is 32.6. The highest BCUT2D eigenvalue weighted by atomic mass is 19.4. The van der Waals surface area contributed by atoms with Crippen LogP contribution in [0.2, 0.25) is 0 Å². The lowest BCUT2D eigenvalue weighted by Gasteiger charge is -2.33. The molecule has 2 atom stereocenters. The van der Waals surface area contributed by atoms with Gasteiger partial charge in [-0.15, -0.1) is 0 Å². The zero-order chi connectivity index (χ0) is 31.2. The van der Waals surface area contributed by atoms with Crippen molar-refractivity contribution in [3.63, 3.8) is 0 Å². The van der Waals surface area contributed by atoms with Crippen LogP contribution in [0.15, 0.2) is 60.8 Å². The van der Waals surface area contributed by atoms with E-state index >= 15 is 0 Å². The number of nitrogens with zero attached hydrogens (tertiary/aromatic N) is 2. The Kier molecular flexibility index (Phi) is 10.4. The molecule has 228 valence electrons. The Hall–Kier alpha value is -3.93. The van der Waals surface area contributed by atoms with Crippen LogP contribution in [0.4, 0.5) is 26.7 Å². The largest absolute Gasteiger partial charge is 0.490 e. The van der Waals surface area contributed by atoms with Crippen molar-refractivity contribution in [1.82, 2.24) is 14.8 Å². The maximum Gasteiger partial charge on any atom is 0.490 e. The number of aromatic nitrogens is 1. The maximum atomic E-state index is 14.7. The Morgan fingerprint density at radius 3 is 2.21 bits per heavy atom. The summed E-state index contributed by atoms with van der Waals surface area (Å²) in [7, 11) is 0. The van der Waals surface area contributed by atoms with E-state index in [9.17, 15) is 31.9 Å². The third kappa shape index (κ3) is 8.78. The van der Waals surface area contributed by atoms with Gasteiger partial charge in [0, 0.05) is 49.2 Å². The second-order valence-corrected chi connectivity index (χ2v) is 11.3. The Morgan fingerprint density at radius 2 is 1.67 bits per heavy atom. The first-order valence-electron chi connectivity index (χ1n) is 13.3. The fourth-order valence-corrected chi connectivity index (χ4v) is 4.87. The quantitative estimate of drug-likeness (QED) is 0.262. The average molecular weight is 596 g/mol. The van der Waals surface area contributed by atoms with E-state index in [1.165, 1.54) is 11.0 Å². The van der Waals surface area contributed by atoms with Crippen molar-refractivity contribution in [2.24, 2.45) is 11.3 Å². The zero-order valence-corrected chi connectivity index (χ0v) is 23.5. The number of halogens is 5. The van der Waals surface area contributed by atoms with Crippen molar-refractivity contribution >= 4 is 12.1 Å². The fraction of sp³-hybridized carbons (Fsp3) is 0.400. The molecule has 1 saturated heterocycles. The maximum absolute atomic E-state index is 14.7. The van der Waals surface area contributed by atoms with Crippen LogP contribution in [0.1, 0.15) is 44.5 Å². The molecular weight excluding hydrogens is 561 g/mol. The smallest absolute Gasteiger partial charge is 0.475 e. The molecule has 2 aromatic carbocycles. The van der Waals surface area contributed by atoms with Crippen LogP contribution in [0.25, 0.3) is 11.1 Å². The molecule has 1 amide bonds. The Balaban J connectivity index is 0.000000616. The molecule has 0 spiro atoms. The zero-order valence-electron chi connectivity index (χ0n) is 23.5. The molecule has 7 nitrogen and oxygen atoms in total. The summed E-state index contributed by atoms with van der Waals surface area (Å²) in [6.45, 7) is 8.77. The van der Waals surface area contributed by atoms with Crippen molar-refractivity contribution in [3.05, 3.63) is 83.7 Å². The Morgan fingerprint density at radius 1 is 1.02 bits per heavy atom. The minimum atomic E-state index is -5.08. The molecule has 1 aliphatic rings. The summed E-state index contributed by atoms with van der Waals surface area (Å²) in [6.07, 6.45) is -3.25. The van der Waals surface area contributed by atoms with Crippen molar-refractivity contribution < 1.29 is 41.8 Å². The summed E-state index contributed by atoms with van der Waals surface area (Å²) in [5.41, 5.74) is 2.76. The number of nitrogens with one attached hydrogen (secondary N) is 1. The Labute approximate surface area is 240 Å². The van der Waals surface area contributed by atoms with Gasteiger partial charge in [0.2, 0.25) is 0 Å². The van der Waals surface area contributed by atoms with E-state index in [0.717, 1.165) is 29.8 Å². The summed E-state index contributed by atoms with van der Waals surface area (Å²) < 4.78 is 62.5. The van der Waals surface area contributed by atoms with Crippen LogP contribution < -0.4 is 5.32 Å². The van der Waals surface area contributed by atoms with Crippen molar-refractivity contribution in [2.45, 2.75) is 46.0 Å². The molecule has 3 aromatic rings. The molecule has 1 fully saturated rings. The number of carboxylic acids is 1. The summed E-state index contributed by atoms with van der Waals surface area (Å²) in [5, 5.41) is 20.1. The molecule has 0 aliphatic carbocycles. The van der Waals surface area contributed by atoms with Gasteiger partial charge >= 0.3 is 18.2 Å². The van der Waals surface area contributed by atoms with Crippen LogP contribution in [-0.2, 0) is 11.3 Å². The number of likely N-dealkylation sites (tertiary alicyclic amines) is 1.